The zero-order valence-electron chi connectivity index (χ0n) is 9.28. The van der Waals surface area contributed by atoms with Crippen molar-refractivity contribution in [3.63, 3.8) is 0 Å². The van der Waals surface area contributed by atoms with Crippen LogP contribution in [0.2, 0.25) is 0 Å². The summed E-state index contributed by atoms with van der Waals surface area (Å²) >= 11 is 0. The van der Waals surface area contributed by atoms with Gasteiger partial charge in [0.1, 0.15) is 0 Å². The SMILES string of the molecule is CC[n+]1ccccn1.N#C[B-](C#N)(C#N)C#N. The minimum atomic E-state index is -2.72. The van der Waals surface area contributed by atoms with E-state index in [1.165, 1.54) is 23.9 Å². The number of nitriles is 4. The third-order valence-corrected chi connectivity index (χ3v) is 1.77. The van der Waals surface area contributed by atoms with E-state index >= 15 is 0 Å². The number of aromatic nitrogens is 2. The maximum Gasteiger partial charge on any atom is 0.383 e. The highest BCUT2D eigenvalue weighted by molar-refractivity contribution is 7.05. The van der Waals surface area contributed by atoms with Gasteiger partial charge in [0.15, 0.2) is 12.7 Å². The monoisotopic (exact) mass is 224 g/mol. The lowest BCUT2D eigenvalue weighted by Gasteiger charge is -1.98. The van der Waals surface area contributed by atoms with Gasteiger partial charge in [-0.2, -0.15) is 0 Å². The zero-order valence-corrected chi connectivity index (χ0v) is 9.28. The molecule has 0 saturated carbocycles. The molecule has 17 heavy (non-hydrogen) atoms. The fourth-order valence-electron chi connectivity index (χ4n) is 0.722. The van der Waals surface area contributed by atoms with Gasteiger partial charge in [-0.3, -0.25) is 0 Å². The van der Waals surface area contributed by atoms with Gasteiger partial charge in [0.05, 0.1) is 6.20 Å². The lowest BCUT2D eigenvalue weighted by molar-refractivity contribution is -0.750. The van der Waals surface area contributed by atoms with Gasteiger partial charge in [-0.15, -0.1) is 23.9 Å². The Balaban J connectivity index is 0.000000302. The van der Waals surface area contributed by atoms with E-state index in [0.717, 1.165) is 6.54 Å². The second kappa shape index (κ2) is 7.40. The molecule has 82 valence electrons. The van der Waals surface area contributed by atoms with Gasteiger partial charge in [0, 0.05) is 6.07 Å². The molecule has 0 amide bonds. The van der Waals surface area contributed by atoms with E-state index in [9.17, 15) is 0 Å². The quantitative estimate of drug-likeness (QED) is 0.495. The van der Waals surface area contributed by atoms with Crippen molar-refractivity contribution >= 4 is 6.15 Å². The summed E-state index contributed by atoms with van der Waals surface area (Å²) in [6.45, 7) is 3.01. The van der Waals surface area contributed by atoms with Crippen molar-refractivity contribution in [3.8, 4) is 23.9 Å². The van der Waals surface area contributed by atoms with Crippen LogP contribution in [-0.2, 0) is 6.54 Å². The summed E-state index contributed by atoms with van der Waals surface area (Å²) in [6, 6.07) is 3.88. The molecule has 1 aromatic rings. The first-order chi connectivity index (χ1) is 8.17. The maximum atomic E-state index is 8.09. The highest BCUT2D eigenvalue weighted by Gasteiger charge is 2.22. The van der Waals surface area contributed by atoms with Crippen molar-refractivity contribution in [1.82, 2.24) is 5.10 Å². The van der Waals surface area contributed by atoms with Crippen LogP contribution in [0.15, 0.2) is 24.5 Å². The Labute approximate surface area is 99.5 Å². The molecule has 0 aliphatic rings. The molecule has 0 spiro atoms. The predicted molar refractivity (Wildman–Crippen MR) is 58.3 cm³/mol. The zero-order chi connectivity index (χ0) is 13.1. The Hall–Kier alpha value is -2.90. The van der Waals surface area contributed by atoms with Crippen LogP contribution in [0.3, 0.4) is 0 Å². The van der Waals surface area contributed by atoms with Crippen molar-refractivity contribution in [2.24, 2.45) is 0 Å². The van der Waals surface area contributed by atoms with Crippen molar-refractivity contribution in [2.75, 3.05) is 0 Å². The van der Waals surface area contributed by atoms with Gasteiger partial charge < -0.3 is 0 Å². The first-order valence-corrected chi connectivity index (χ1v) is 4.79. The third kappa shape index (κ3) is 4.43. The molecule has 1 aromatic heterocycles. The first-order valence-electron chi connectivity index (χ1n) is 4.79. The van der Waals surface area contributed by atoms with Crippen molar-refractivity contribution < 1.29 is 4.68 Å². The standard InChI is InChI=1S/C6H9N2.C4BN4/c1-2-8-6-4-3-5-7-8;6-1-5(2-7,3-8)4-9/h3-6H,2H2,1H3;/q+1;-1. The Morgan fingerprint density at radius 2 is 1.59 bits per heavy atom. The maximum absolute atomic E-state index is 8.09. The molecule has 0 aliphatic heterocycles. The molecule has 0 radical (unpaired) electrons. The molecule has 0 fully saturated rings. The van der Waals surface area contributed by atoms with Crippen LogP contribution in [-0.4, -0.2) is 11.2 Å². The molecule has 0 atom stereocenters. The lowest BCUT2D eigenvalue weighted by atomic mass is 9.30. The first kappa shape index (κ1) is 14.1. The molecule has 0 N–H and O–H groups in total. The highest BCUT2D eigenvalue weighted by atomic mass is 15.2. The Morgan fingerprint density at radius 3 is 1.76 bits per heavy atom. The molecule has 0 aliphatic carbocycles. The van der Waals surface area contributed by atoms with E-state index in [1.807, 2.05) is 23.0 Å². The van der Waals surface area contributed by atoms with E-state index in [0.29, 0.717) is 0 Å². The van der Waals surface area contributed by atoms with Crippen molar-refractivity contribution in [3.05, 3.63) is 24.5 Å². The van der Waals surface area contributed by atoms with Gasteiger partial charge in [0.2, 0.25) is 0 Å². The Kier molecular flexibility index (Phi) is 6.14. The average molecular weight is 224 g/mol. The summed E-state index contributed by atoms with van der Waals surface area (Å²) in [7, 11) is 0. The number of aryl methyl sites for hydroxylation is 1. The fourth-order valence-corrected chi connectivity index (χ4v) is 0.722. The molecule has 6 nitrogen and oxygen atoms in total. The summed E-state index contributed by atoms with van der Waals surface area (Å²) < 4.78 is 1.88. The topological polar surface area (TPSA) is 112 Å². The van der Waals surface area contributed by atoms with Crippen LogP contribution in [0, 0.1) is 44.9 Å². The van der Waals surface area contributed by atoms with Gasteiger partial charge in [-0.05, 0) is 18.1 Å². The molecule has 1 heterocycles. The summed E-state index contributed by atoms with van der Waals surface area (Å²) in [6.07, 6.45) is 1.00. The van der Waals surface area contributed by atoms with E-state index < -0.39 is 6.15 Å². The molecular weight excluding hydrogens is 215 g/mol. The third-order valence-electron chi connectivity index (χ3n) is 1.77. The van der Waals surface area contributed by atoms with E-state index in [1.54, 1.807) is 6.20 Å². The largest absolute Gasteiger partial charge is 0.383 e. The number of nitrogens with zero attached hydrogens (tertiary/aromatic N) is 6. The minimum absolute atomic E-state index is 0.945. The summed E-state index contributed by atoms with van der Waals surface area (Å²) in [4.78, 5) is 0. The summed E-state index contributed by atoms with van der Waals surface area (Å²) in [5.41, 5.74) is 0. The Bertz CT molecular complexity index is 451. The average Bonchev–Trinajstić information content (AvgIpc) is 2.44. The molecule has 0 aromatic carbocycles. The smallest absolute Gasteiger partial charge is 0.245 e. The second-order valence-electron chi connectivity index (χ2n) is 2.94. The van der Waals surface area contributed by atoms with Gasteiger partial charge in [-0.1, -0.05) is 4.68 Å². The van der Waals surface area contributed by atoms with Gasteiger partial charge in [-0.25, -0.2) is 21.0 Å². The molecule has 0 unspecified atom stereocenters. The Morgan fingerprint density at radius 1 is 1.06 bits per heavy atom. The van der Waals surface area contributed by atoms with Crippen LogP contribution in [0.25, 0.3) is 0 Å². The number of rotatable bonds is 1. The molecule has 0 saturated heterocycles. The molecule has 0 bridgehead atoms. The molecular formula is C10H9BN6. The van der Waals surface area contributed by atoms with Gasteiger partial charge in [0.25, 0.3) is 0 Å². The number of hydrogen-bond acceptors (Lipinski definition) is 5. The van der Waals surface area contributed by atoms with Crippen LogP contribution in [0.4, 0.5) is 0 Å². The van der Waals surface area contributed by atoms with Crippen molar-refractivity contribution in [2.45, 2.75) is 13.5 Å². The summed E-state index contributed by atoms with van der Waals surface area (Å²) in [5, 5.41) is 36.4. The predicted octanol–water partition coefficient (Wildman–Crippen LogP) is 0.0753. The van der Waals surface area contributed by atoms with Crippen LogP contribution < -0.4 is 4.68 Å². The van der Waals surface area contributed by atoms with Crippen LogP contribution in [0.5, 0.6) is 0 Å². The normalized spacial score (nSPS) is 8.29. The molecule has 1 rings (SSSR count). The van der Waals surface area contributed by atoms with E-state index in [-0.39, 0.29) is 0 Å². The molecule has 7 heteroatoms. The van der Waals surface area contributed by atoms with E-state index in [4.69, 9.17) is 21.0 Å². The lowest BCUT2D eigenvalue weighted by Crippen LogP contribution is -2.35. The van der Waals surface area contributed by atoms with Crippen molar-refractivity contribution in [1.29, 1.82) is 21.0 Å². The van der Waals surface area contributed by atoms with E-state index in [2.05, 4.69) is 12.0 Å². The fraction of sp³-hybridized carbons (Fsp3) is 0.200. The summed E-state index contributed by atoms with van der Waals surface area (Å²) in [5.74, 6) is 5.38. The van der Waals surface area contributed by atoms with Gasteiger partial charge >= 0.3 is 6.15 Å². The van der Waals surface area contributed by atoms with Crippen LogP contribution >= 0.6 is 0 Å². The minimum Gasteiger partial charge on any atom is -0.245 e. The van der Waals surface area contributed by atoms with Crippen LogP contribution in [0.1, 0.15) is 6.92 Å². The highest BCUT2D eigenvalue weighted by Crippen LogP contribution is 1.92. The second-order valence-corrected chi connectivity index (χ2v) is 2.94. The number of hydrogen-bond donors (Lipinski definition) is 0.